The molecule has 2 saturated heterocycles. The lowest BCUT2D eigenvalue weighted by atomic mass is 10.2. The van der Waals surface area contributed by atoms with Gasteiger partial charge in [0.25, 0.3) is 0 Å². The molecule has 3 N–H and O–H groups in total. The number of carbonyl (C=O) groups excluding carboxylic acids is 3. The zero-order valence-electron chi connectivity index (χ0n) is 35.1. The van der Waals surface area contributed by atoms with Gasteiger partial charge in [0.15, 0.2) is 0 Å². The molecule has 1 aromatic heterocycles. The normalized spacial score (nSPS) is 19.3. The molecule has 2 fully saturated rings. The van der Waals surface area contributed by atoms with Crippen LogP contribution in [0.3, 0.4) is 0 Å². The highest BCUT2D eigenvalue weighted by Gasteiger charge is 2.31. The third kappa shape index (κ3) is 18.9. The smallest absolute Gasteiger partial charge is 0.407 e. The van der Waals surface area contributed by atoms with Crippen molar-refractivity contribution in [3.63, 3.8) is 0 Å². The van der Waals surface area contributed by atoms with Crippen molar-refractivity contribution in [1.29, 1.82) is 0 Å². The Morgan fingerprint density at radius 3 is 1.23 bits per heavy atom. The molecule has 18 nitrogen and oxygen atoms in total. The van der Waals surface area contributed by atoms with Crippen molar-refractivity contribution < 1.29 is 33.3 Å². The molecule has 0 aliphatic carbocycles. The van der Waals surface area contributed by atoms with Gasteiger partial charge in [-0.2, -0.15) is 0 Å². The predicted molar refractivity (Wildman–Crippen MR) is 216 cm³/mol. The molecule has 18 heteroatoms. The molecule has 3 heterocycles. The third-order valence-corrected chi connectivity index (χ3v) is 10.2. The molecule has 0 bridgehead atoms. The summed E-state index contributed by atoms with van der Waals surface area (Å²) in [6.07, 6.45) is 6.66. The van der Waals surface area contributed by atoms with Gasteiger partial charge in [-0.3, -0.25) is 9.80 Å². The van der Waals surface area contributed by atoms with Crippen LogP contribution in [0.25, 0.3) is 0 Å². The van der Waals surface area contributed by atoms with Gasteiger partial charge in [0.2, 0.25) is 0 Å². The Kier molecular flexibility index (Phi) is 21.8. The zero-order valence-corrected chi connectivity index (χ0v) is 35.1. The van der Waals surface area contributed by atoms with Crippen LogP contribution in [0.4, 0.5) is 14.4 Å². The highest BCUT2D eigenvalue weighted by Crippen LogP contribution is 2.17. The summed E-state index contributed by atoms with van der Waals surface area (Å²) in [4.78, 5) is 80.9. The Hall–Kier alpha value is -3.90. The number of rotatable bonds is 30. The van der Waals surface area contributed by atoms with E-state index >= 15 is 0 Å². The first-order valence-corrected chi connectivity index (χ1v) is 21.1. The standard InChI is InChI=1S/C39H70N8O10/c1-30-26-43(30)28-32(3)56-35(49)41-19-13-7-10-16-22-46-37(51)45(21-15-9-6-12-18-40-34(48)55-25-24-54-5)38(52)47(39(46)53)23-17-11-8-14-20-42-36(50)57-33(4)29-44-27-31(44)2/h30-33H,6-29H2,1-5H3,(H,40,48)(H,41,49)(H,42,50). The number of unbranched alkanes of at least 4 members (excludes halogenated alkanes) is 9. The third-order valence-electron chi connectivity index (χ3n) is 10.2. The molecule has 0 aromatic carbocycles. The first-order valence-electron chi connectivity index (χ1n) is 21.1. The Labute approximate surface area is 336 Å². The van der Waals surface area contributed by atoms with Crippen LogP contribution in [0.15, 0.2) is 14.4 Å². The number of nitrogens with zero attached hydrogens (tertiary/aromatic N) is 5. The van der Waals surface area contributed by atoms with Gasteiger partial charge in [-0.25, -0.2) is 42.5 Å². The van der Waals surface area contributed by atoms with Crippen LogP contribution in [0.5, 0.6) is 0 Å². The van der Waals surface area contributed by atoms with Crippen LogP contribution in [0, 0.1) is 0 Å². The van der Waals surface area contributed by atoms with E-state index in [4.69, 9.17) is 18.9 Å². The Morgan fingerprint density at radius 1 is 0.561 bits per heavy atom. The number of nitrogens with one attached hydrogen (secondary N) is 3. The second-order valence-electron chi connectivity index (χ2n) is 15.5. The lowest BCUT2D eigenvalue weighted by Gasteiger charge is -2.15. The largest absolute Gasteiger partial charge is 0.447 e. The quantitative estimate of drug-likeness (QED) is 0.0585. The SMILES string of the molecule is COCCOC(=O)NCCCCCCn1c(=O)n(CCCCCCNC(=O)OC(C)CN2CC2C)c(=O)n(CCCCCCNC(=O)OC(C)CN2CC2C)c1=O. The molecule has 0 spiro atoms. The highest BCUT2D eigenvalue weighted by atomic mass is 16.6. The molecule has 0 radical (unpaired) electrons. The molecule has 57 heavy (non-hydrogen) atoms. The average molecular weight is 811 g/mol. The first kappa shape index (κ1) is 47.5. The van der Waals surface area contributed by atoms with Gasteiger partial charge in [0, 0.05) is 84.6 Å². The van der Waals surface area contributed by atoms with E-state index in [2.05, 4.69) is 39.6 Å². The Bertz CT molecular complexity index is 1460. The van der Waals surface area contributed by atoms with Crippen molar-refractivity contribution in [1.82, 2.24) is 39.5 Å². The summed E-state index contributed by atoms with van der Waals surface area (Å²) in [7, 11) is 1.53. The number of hydrogen-bond acceptors (Lipinski definition) is 12. The van der Waals surface area contributed by atoms with Crippen LogP contribution in [0.1, 0.15) is 105 Å². The molecule has 3 rings (SSSR count). The summed E-state index contributed by atoms with van der Waals surface area (Å²) < 4.78 is 24.2. The van der Waals surface area contributed by atoms with Gasteiger partial charge in [-0.05, 0) is 66.2 Å². The molecule has 6 atom stereocenters. The molecule has 2 aliphatic heterocycles. The molecule has 6 unspecified atom stereocenters. The minimum Gasteiger partial charge on any atom is -0.447 e. The van der Waals surface area contributed by atoms with Crippen molar-refractivity contribution in [3.8, 4) is 0 Å². The minimum atomic E-state index is -0.603. The van der Waals surface area contributed by atoms with E-state index in [1.54, 1.807) is 0 Å². The topological polar surface area (TPSA) is 196 Å². The van der Waals surface area contributed by atoms with Gasteiger partial charge in [0.1, 0.15) is 18.8 Å². The number of methoxy groups -OCH3 is 1. The number of hydrogen-bond donors (Lipinski definition) is 3. The van der Waals surface area contributed by atoms with Crippen LogP contribution < -0.4 is 33.0 Å². The van der Waals surface area contributed by atoms with Crippen molar-refractivity contribution in [2.45, 2.75) is 149 Å². The van der Waals surface area contributed by atoms with Gasteiger partial charge in [-0.15, -0.1) is 0 Å². The number of alkyl carbamates (subject to hydrolysis) is 3. The van der Waals surface area contributed by atoms with Crippen molar-refractivity contribution in [2.24, 2.45) is 0 Å². The fourth-order valence-corrected chi connectivity index (χ4v) is 6.62. The molecule has 0 saturated carbocycles. The number of carbonyl (C=O) groups is 3. The van der Waals surface area contributed by atoms with Crippen LogP contribution in [-0.4, -0.2) is 132 Å². The maximum atomic E-state index is 13.5. The summed E-state index contributed by atoms with van der Waals surface area (Å²) in [6, 6.07) is 1.10. The number of aromatic nitrogens is 3. The lowest BCUT2D eigenvalue weighted by molar-refractivity contribution is 0.0964. The maximum absolute atomic E-state index is 13.5. The summed E-state index contributed by atoms with van der Waals surface area (Å²) >= 11 is 0. The van der Waals surface area contributed by atoms with Gasteiger partial charge >= 0.3 is 35.3 Å². The van der Waals surface area contributed by atoms with E-state index in [0.29, 0.717) is 64.0 Å². The Balaban J connectivity index is 1.44. The fraction of sp³-hybridized carbons (Fsp3) is 0.846. The second-order valence-corrected chi connectivity index (χ2v) is 15.5. The summed E-state index contributed by atoms with van der Waals surface area (Å²) in [5.74, 6) is 0. The molecule has 3 amide bonds. The molecular weight excluding hydrogens is 740 g/mol. The second kappa shape index (κ2) is 26.2. The van der Waals surface area contributed by atoms with E-state index in [1.807, 2.05) is 13.8 Å². The molecular formula is C39H70N8O10. The molecule has 1 aromatic rings. The summed E-state index contributed by atoms with van der Waals surface area (Å²) in [5, 5.41) is 8.27. The van der Waals surface area contributed by atoms with E-state index < -0.39 is 35.3 Å². The van der Waals surface area contributed by atoms with Gasteiger partial charge in [0.05, 0.1) is 6.61 Å². The number of ether oxygens (including phenoxy) is 4. The van der Waals surface area contributed by atoms with Crippen LogP contribution in [-0.2, 0) is 38.6 Å². The van der Waals surface area contributed by atoms with E-state index in [1.165, 1.54) is 20.8 Å². The molecule has 2 aliphatic rings. The first-order chi connectivity index (χ1) is 27.4. The highest BCUT2D eigenvalue weighted by molar-refractivity contribution is 5.67. The lowest BCUT2D eigenvalue weighted by Crippen LogP contribution is -2.54. The van der Waals surface area contributed by atoms with Gasteiger partial charge in [-0.1, -0.05) is 38.5 Å². The van der Waals surface area contributed by atoms with Crippen LogP contribution >= 0.6 is 0 Å². The van der Waals surface area contributed by atoms with Crippen molar-refractivity contribution >= 4 is 18.3 Å². The fourth-order valence-electron chi connectivity index (χ4n) is 6.62. The maximum Gasteiger partial charge on any atom is 0.407 e. The minimum absolute atomic E-state index is 0.179. The zero-order chi connectivity index (χ0) is 41.6. The van der Waals surface area contributed by atoms with E-state index in [-0.39, 0.29) is 38.4 Å². The Morgan fingerprint density at radius 2 is 0.895 bits per heavy atom. The van der Waals surface area contributed by atoms with Crippen LogP contribution in [0.2, 0.25) is 0 Å². The average Bonchev–Trinajstić information content (AvgIpc) is 4.06. The van der Waals surface area contributed by atoms with Crippen molar-refractivity contribution in [3.05, 3.63) is 31.5 Å². The van der Waals surface area contributed by atoms with E-state index in [0.717, 1.165) is 77.5 Å². The predicted octanol–water partition coefficient (Wildman–Crippen LogP) is 2.86. The van der Waals surface area contributed by atoms with Crippen molar-refractivity contribution in [2.75, 3.05) is 66.1 Å². The summed E-state index contributed by atoms with van der Waals surface area (Å²) in [6.45, 7) is 14.0. The number of amides is 3. The van der Waals surface area contributed by atoms with E-state index in [9.17, 15) is 28.8 Å². The summed E-state index contributed by atoms with van der Waals surface area (Å²) in [5.41, 5.74) is -1.81. The monoisotopic (exact) mass is 811 g/mol. The van der Waals surface area contributed by atoms with Gasteiger partial charge < -0.3 is 34.9 Å². The molecule has 326 valence electrons.